The molecule has 0 fully saturated rings. The van der Waals surface area contributed by atoms with Crippen LogP contribution in [0.5, 0.6) is 0 Å². The normalized spacial score (nSPS) is 12.1. The Balaban J connectivity index is 1.01. The molecule has 0 aliphatic carbocycles. The number of thiophene rings is 2. The maximum Gasteiger partial charge on any atom is 0.0502 e. The third-order valence-corrected chi connectivity index (χ3v) is 18.3. The monoisotopic (exact) mass is 1010 g/mol. The topological polar surface area (TPSA) is 3.24 Å². The molecule has 0 aliphatic heterocycles. The summed E-state index contributed by atoms with van der Waals surface area (Å²) in [6, 6.07) is 83.6. The van der Waals surface area contributed by atoms with Crippen LogP contribution in [0.1, 0.15) is 52.7 Å². The molecular weight excluding hydrogens is 959 g/mol. The first-order valence-corrected chi connectivity index (χ1v) is 28.3. The summed E-state index contributed by atoms with van der Waals surface area (Å²) in [6.07, 6.45) is 0. The quantitative estimate of drug-likeness (QED) is 0.134. The van der Waals surface area contributed by atoms with Gasteiger partial charge in [-0.05, 0) is 152 Å². The molecule has 0 N–H and O–H groups in total. The molecular formula is C68H55NS4. The van der Waals surface area contributed by atoms with Gasteiger partial charge in [-0.1, -0.05) is 192 Å². The van der Waals surface area contributed by atoms with Gasteiger partial charge in [0.05, 0.1) is 4.70 Å². The molecule has 10 aromatic carbocycles. The fourth-order valence-electron chi connectivity index (χ4n) is 10.0. The highest BCUT2D eigenvalue weighted by molar-refractivity contribution is 8.00. The highest BCUT2D eigenvalue weighted by Gasteiger charge is 2.22. The molecule has 73 heavy (non-hydrogen) atoms. The number of fused-ring (bicyclic) bond motifs is 7. The van der Waals surface area contributed by atoms with Crippen LogP contribution in [-0.2, 0) is 10.8 Å². The van der Waals surface area contributed by atoms with Gasteiger partial charge in [0, 0.05) is 72.3 Å². The molecule has 1 nitrogen and oxygen atoms in total. The molecule has 0 spiro atoms. The van der Waals surface area contributed by atoms with Crippen LogP contribution in [0.3, 0.4) is 0 Å². The number of anilines is 3. The Bertz CT molecular complexity index is 3850. The van der Waals surface area contributed by atoms with Crippen molar-refractivity contribution in [3.63, 3.8) is 0 Å². The average molecular weight is 1010 g/mol. The second kappa shape index (κ2) is 19.2. The van der Waals surface area contributed by atoms with Crippen molar-refractivity contribution in [2.45, 2.75) is 72.0 Å². The Morgan fingerprint density at radius 1 is 0.329 bits per heavy atom. The zero-order valence-corrected chi connectivity index (χ0v) is 45.2. The van der Waals surface area contributed by atoms with Gasteiger partial charge in [-0.3, -0.25) is 0 Å². The second-order valence-electron chi connectivity index (χ2n) is 21.0. The summed E-state index contributed by atoms with van der Waals surface area (Å²) in [5, 5.41) is 5.41. The summed E-state index contributed by atoms with van der Waals surface area (Å²) in [5.41, 5.74) is 13.3. The lowest BCUT2D eigenvalue weighted by Crippen LogP contribution is -2.14. The molecule has 0 bridgehead atoms. The van der Waals surface area contributed by atoms with E-state index in [0.29, 0.717) is 0 Å². The third-order valence-electron chi connectivity index (χ3n) is 13.8. The maximum atomic E-state index is 2.46. The van der Waals surface area contributed by atoms with E-state index in [9.17, 15) is 0 Å². The van der Waals surface area contributed by atoms with E-state index < -0.39 is 0 Å². The highest BCUT2D eigenvalue weighted by atomic mass is 32.2. The second-order valence-corrected chi connectivity index (χ2v) is 25.4. The smallest absolute Gasteiger partial charge is 0.0502 e. The first kappa shape index (κ1) is 47.2. The summed E-state index contributed by atoms with van der Waals surface area (Å²) in [7, 11) is 0. The summed E-state index contributed by atoms with van der Waals surface area (Å²) in [4.78, 5) is 7.27. The van der Waals surface area contributed by atoms with Gasteiger partial charge in [0.1, 0.15) is 0 Å². The molecule has 0 saturated carbocycles. The Labute approximate surface area is 446 Å². The van der Waals surface area contributed by atoms with Crippen LogP contribution < -0.4 is 4.90 Å². The lowest BCUT2D eigenvalue weighted by atomic mass is 9.86. The van der Waals surface area contributed by atoms with Crippen LogP contribution in [-0.4, -0.2) is 0 Å². The van der Waals surface area contributed by atoms with Crippen LogP contribution in [0, 0.1) is 0 Å². The summed E-state index contributed by atoms with van der Waals surface area (Å²) in [5.74, 6) is 0. The summed E-state index contributed by atoms with van der Waals surface area (Å²) in [6.45, 7) is 13.7. The van der Waals surface area contributed by atoms with Gasteiger partial charge in [-0.15, -0.1) is 22.7 Å². The van der Waals surface area contributed by atoms with Crippen molar-refractivity contribution < 1.29 is 0 Å². The number of rotatable bonds is 10. The first-order chi connectivity index (χ1) is 35.4. The van der Waals surface area contributed by atoms with Gasteiger partial charge in [0.15, 0.2) is 0 Å². The van der Waals surface area contributed by atoms with E-state index in [-0.39, 0.29) is 10.8 Å². The molecule has 0 radical (unpaired) electrons. The van der Waals surface area contributed by atoms with Crippen molar-refractivity contribution in [2.24, 2.45) is 0 Å². The van der Waals surface area contributed by atoms with Crippen molar-refractivity contribution >= 4 is 104 Å². The Kier molecular flexibility index (Phi) is 12.4. The number of nitrogens with zero attached hydrogens (tertiary/aromatic N) is 1. The standard InChI is InChI=1S/C68H55NS4/c1-67(2,3)50-28-32-52(33-29-50)69(53-34-30-51(31-35-53)68(4,5)6)54-22-17-23-55(41-54)70-56-39-49(48-37-46(44-18-9-7-10-19-44)36-47(38-48)45-20-11-8-12-21-45)40-57(42-56)71-63-43-62-64(58-24-13-15-26-60(58)72-62)65-59-25-14-16-27-61(59)73-66(63)65/h7-43H,1-6H3. The fraction of sp³-hybridized carbons (Fsp3) is 0.118. The molecule has 12 aromatic rings. The predicted octanol–water partition coefficient (Wildman–Crippen LogP) is 21.8. The molecule has 0 atom stereocenters. The van der Waals surface area contributed by atoms with E-state index >= 15 is 0 Å². The average Bonchev–Trinajstić information content (AvgIpc) is 3.98. The predicted molar refractivity (Wildman–Crippen MR) is 322 cm³/mol. The van der Waals surface area contributed by atoms with Crippen molar-refractivity contribution in [3.05, 3.63) is 236 Å². The molecule has 0 saturated heterocycles. The SMILES string of the molecule is CC(C)(C)c1ccc(N(c2ccc(C(C)(C)C)cc2)c2cccc(Sc3cc(Sc4cc5sc6ccccc6c5c5c4sc4ccccc45)cc(-c4cc(-c5ccccc5)cc(-c5ccccc5)c4)c3)c2)cc1. The van der Waals surface area contributed by atoms with E-state index in [2.05, 4.69) is 271 Å². The van der Waals surface area contributed by atoms with Gasteiger partial charge in [-0.2, -0.15) is 0 Å². The minimum atomic E-state index is 0.0567. The molecule has 2 heterocycles. The van der Waals surface area contributed by atoms with Crippen LogP contribution in [0.15, 0.2) is 244 Å². The zero-order valence-electron chi connectivity index (χ0n) is 41.9. The maximum absolute atomic E-state index is 2.46. The highest BCUT2D eigenvalue weighted by Crippen LogP contribution is 2.51. The zero-order chi connectivity index (χ0) is 49.8. The summed E-state index contributed by atoms with van der Waals surface area (Å²) < 4.78 is 5.32. The van der Waals surface area contributed by atoms with E-state index in [0.717, 1.165) is 17.1 Å². The van der Waals surface area contributed by atoms with Gasteiger partial charge in [-0.25, -0.2) is 0 Å². The van der Waals surface area contributed by atoms with Crippen molar-refractivity contribution in [1.82, 2.24) is 0 Å². The molecule has 5 heteroatoms. The minimum Gasteiger partial charge on any atom is -0.310 e. The van der Waals surface area contributed by atoms with Crippen LogP contribution in [0.2, 0.25) is 0 Å². The van der Waals surface area contributed by atoms with Crippen LogP contribution in [0.25, 0.3) is 73.7 Å². The molecule has 12 rings (SSSR count). The third kappa shape index (κ3) is 9.52. The fourth-order valence-corrected chi connectivity index (χ4v) is 14.7. The van der Waals surface area contributed by atoms with Gasteiger partial charge in [0.25, 0.3) is 0 Å². The first-order valence-electron chi connectivity index (χ1n) is 25.0. The van der Waals surface area contributed by atoms with Crippen LogP contribution >= 0.6 is 46.2 Å². The molecule has 0 aliphatic rings. The van der Waals surface area contributed by atoms with Crippen molar-refractivity contribution in [1.29, 1.82) is 0 Å². The van der Waals surface area contributed by atoms with E-state index in [1.807, 2.05) is 46.2 Å². The molecule has 2 aromatic heterocycles. The molecule has 0 unspecified atom stereocenters. The Morgan fingerprint density at radius 2 is 0.808 bits per heavy atom. The van der Waals surface area contributed by atoms with Crippen molar-refractivity contribution in [3.8, 4) is 33.4 Å². The minimum absolute atomic E-state index is 0.0567. The number of benzene rings is 10. The van der Waals surface area contributed by atoms with Crippen molar-refractivity contribution in [2.75, 3.05) is 4.90 Å². The largest absolute Gasteiger partial charge is 0.310 e. The number of hydrogen-bond donors (Lipinski definition) is 0. The lowest BCUT2D eigenvalue weighted by molar-refractivity contribution is 0.590. The van der Waals surface area contributed by atoms with Gasteiger partial charge in [0.2, 0.25) is 0 Å². The van der Waals surface area contributed by atoms with Crippen LogP contribution in [0.4, 0.5) is 17.1 Å². The lowest BCUT2D eigenvalue weighted by Gasteiger charge is -2.28. The number of hydrogen-bond acceptors (Lipinski definition) is 5. The van der Waals surface area contributed by atoms with E-state index in [1.165, 1.54) is 104 Å². The van der Waals surface area contributed by atoms with E-state index in [4.69, 9.17) is 0 Å². The van der Waals surface area contributed by atoms with Gasteiger partial charge >= 0.3 is 0 Å². The Hall–Kier alpha value is -6.86. The molecule has 356 valence electrons. The van der Waals surface area contributed by atoms with E-state index in [1.54, 1.807) is 0 Å². The van der Waals surface area contributed by atoms with Gasteiger partial charge < -0.3 is 4.90 Å². The summed E-state index contributed by atoms with van der Waals surface area (Å²) >= 11 is 7.55. The molecule has 0 amide bonds. The Morgan fingerprint density at radius 3 is 1.37 bits per heavy atom.